The van der Waals surface area contributed by atoms with Gasteiger partial charge in [0.1, 0.15) is 6.10 Å². The summed E-state index contributed by atoms with van der Waals surface area (Å²) in [4.78, 5) is 10.3. The molecule has 6 nitrogen and oxygen atoms in total. The average Bonchev–Trinajstić information content (AvgIpc) is 3.04. The van der Waals surface area contributed by atoms with Gasteiger partial charge in [0.15, 0.2) is 0 Å². The molecule has 1 heterocycles. The van der Waals surface area contributed by atoms with Gasteiger partial charge in [-0.1, -0.05) is 55.5 Å². The van der Waals surface area contributed by atoms with E-state index in [1.165, 1.54) is 0 Å². The molecule has 4 N–H and O–H groups in total. The Balaban J connectivity index is 2.18. The number of carbonyl (C=O) groups is 1. The molecule has 0 aromatic heterocycles. The highest BCUT2D eigenvalue weighted by Gasteiger charge is 2.35. The number of hydrogen-bond acceptors (Lipinski definition) is 5. The highest BCUT2D eigenvalue weighted by atomic mass is 16.5. The van der Waals surface area contributed by atoms with E-state index in [4.69, 9.17) is 9.84 Å². The van der Waals surface area contributed by atoms with Gasteiger partial charge in [0.05, 0.1) is 24.4 Å². The first-order chi connectivity index (χ1) is 13.4. The minimum absolute atomic E-state index is 0.160. The second kappa shape index (κ2) is 14.3. The van der Waals surface area contributed by atoms with Crippen LogP contribution in [0.5, 0.6) is 0 Å². The highest BCUT2D eigenvalue weighted by Crippen LogP contribution is 2.25. The number of aliphatic hydroxyl groups is 3. The minimum Gasteiger partial charge on any atom is -0.481 e. The zero-order chi connectivity index (χ0) is 20.8. The highest BCUT2D eigenvalue weighted by molar-refractivity contribution is 5.66. The van der Waals surface area contributed by atoms with Gasteiger partial charge in [-0.25, -0.2) is 0 Å². The van der Waals surface area contributed by atoms with Crippen molar-refractivity contribution in [2.45, 2.75) is 82.4 Å². The lowest BCUT2D eigenvalue weighted by atomic mass is 10.1. The summed E-state index contributed by atoms with van der Waals surface area (Å²) in [6, 6.07) is 0. The lowest BCUT2D eigenvalue weighted by Gasteiger charge is -2.16. The van der Waals surface area contributed by atoms with Crippen molar-refractivity contribution < 1.29 is 30.0 Å². The van der Waals surface area contributed by atoms with Gasteiger partial charge < -0.3 is 25.2 Å². The summed E-state index contributed by atoms with van der Waals surface area (Å²) in [5.74, 6) is -0.784. The van der Waals surface area contributed by atoms with Crippen molar-refractivity contribution in [1.29, 1.82) is 0 Å². The van der Waals surface area contributed by atoms with E-state index in [2.05, 4.69) is 0 Å². The number of rotatable bonds is 13. The van der Waals surface area contributed by atoms with Crippen LogP contribution in [-0.4, -0.2) is 56.9 Å². The molecule has 0 bridgehead atoms. The number of ether oxygens (including phenoxy) is 1. The fourth-order valence-corrected chi connectivity index (χ4v) is 2.82. The molecular formula is C22H34O6. The molecule has 1 rings (SSSR count). The Kier molecular flexibility index (Phi) is 12.4. The smallest absolute Gasteiger partial charge is 0.303 e. The van der Waals surface area contributed by atoms with Gasteiger partial charge >= 0.3 is 5.97 Å². The maximum absolute atomic E-state index is 10.3. The van der Waals surface area contributed by atoms with E-state index in [1.807, 2.05) is 43.4 Å². The molecule has 0 aliphatic carbocycles. The Morgan fingerprint density at radius 3 is 2.39 bits per heavy atom. The first kappa shape index (κ1) is 24.3. The van der Waals surface area contributed by atoms with E-state index in [1.54, 1.807) is 12.2 Å². The van der Waals surface area contributed by atoms with Crippen LogP contribution in [0.2, 0.25) is 0 Å². The SMILES string of the molecule is CC[C@H](O)[C@@H]1C[C@H](O)[C@@H](/C=C/[C@H](O)C/C=C\C/C=C\C/C=C\CCC(=O)O)O1. The molecule has 0 aromatic rings. The van der Waals surface area contributed by atoms with Gasteiger partial charge in [0.25, 0.3) is 0 Å². The van der Waals surface area contributed by atoms with E-state index in [0.717, 1.165) is 12.8 Å². The third kappa shape index (κ3) is 10.6. The van der Waals surface area contributed by atoms with Crippen molar-refractivity contribution in [2.75, 3.05) is 0 Å². The van der Waals surface area contributed by atoms with Crippen LogP contribution in [0.15, 0.2) is 48.6 Å². The number of aliphatic carboxylic acids is 1. The fraction of sp³-hybridized carbons (Fsp3) is 0.591. The molecule has 0 amide bonds. The van der Waals surface area contributed by atoms with Crippen molar-refractivity contribution in [3.8, 4) is 0 Å². The number of allylic oxidation sites excluding steroid dienone is 5. The van der Waals surface area contributed by atoms with Crippen LogP contribution in [0.4, 0.5) is 0 Å². The van der Waals surface area contributed by atoms with Gasteiger partial charge in [0.2, 0.25) is 0 Å². The number of carboxylic acids is 1. The second-order valence-corrected chi connectivity index (χ2v) is 6.92. The molecule has 0 radical (unpaired) electrons. The third-order valence-electron chi connectivity index (χ3n) is 4.50. The predicted octanol–water partition coefficient (Wildman–Crippen LogP) is 2.90. The van der Waals surface area contributed by atoms with Crippen molar-refractivity contribution in [3.05, 3.63) is 48.6 Å². The number of carboxylic acid groups (broad SMARTS) is 1. The molecule has 5 atom stereocenters. The molecule has 0 saturated carbocycles. The molecule has 6 heteroatoms. The molecule has 1 saturated heterocycles. The maximum Gasteiger partial charge on any atom is 0.303 e. The first-order valence-electron chi connectivity index (χ1n) is 9.98. The molecule has 1 aliphatic rings. The molecule has 158 valence electrons. The topological polar surface area (TPSA) is 107 Å². The summed E-state index contributed by atoms with van der Waals surface area (Å²) in [5, 5.41) is 38.3. The van der Waals surface area contributed by atoms with E-state index in [9.17, 15) is 20.1 Å². The molecule has 0 unspecified atom stereocenters. The Labute approximate surface area is 167 Å². The largest absolute Gasteiger partial charge is 0.481 e. The summed E-state index contributed by atoms with van der Waals surface area (Å²) in [6.45, 7) is 1.87. The lowest BCUT2D eigenvalue weighted by molar-refractivity contribution is -0.136. The molecule has 0 aromatic carbocycles. The van der Waals surface area contributed by atoms with E-state index in [-0.39, 0.29) is 12.5 Å². The molecule has 1 fully saturated rings. The summed E-state index contributed by atoms with van der Waals surface area (Å²) < 4.78 is 5.63. The van der Waals surface area contributed by atoms with Gasteiger partial charge in [-0.2, -0.15) is 0 Å². The van der Waals surface area contributed by atoms with Gasteiger partial charge in [-0.05, 0) is 32.1 Å². The lowest BCUT2D eigenvalue weighted by Crippen LogP contribution is -2.25. The summed E-state index contributed by atoms with van der Waals surface area (Å²) in [7, 11) is 0. The van der Waals surface area contributed by atoms with Crippen LogP contribution in [-0.2, 0) is 9.53 Å². The maximum atomic E-state index is 10.3. The quantitative estimate of drug-likeness (QED) is 0.358. The van der Waals surface area contributed by atoms with E-state index < -0.39 is 30.4 Å². The summed E-state index contributed by atoms with van der Waals surface area (Å²) in [6.07, 6.45) is 16.0. The van der Waals surface area contributed by atoms with E-state index >= 15 is 0 Å². The number of hydrogen-bond donors (Lipinski definition) is 4. The van der Waals surface area contributed by atoms with Crippen molar-refractivity contribution in [1.82, 2.24) is 0 Å². The van der Waals surface area contributed by atoms with Gasteiger partial charge in [-0.15, -0.1) is 0 Å². The van der Waals surface area contributed by atoms with Crippen LogP contribution in [0.3, 0.4) is 0 Å². The Hall–Kier alpha value is -1.73. The van der Waals surface area contributed by atoms with Crippen LogP contribution in [0.1, 0.15) is 51.9 Å². The van der Waals surface area contributed by atoms with Crippen molar-refractivity contribution >= 4 is 5.97 Å². The molecule has 1 aliphatic heterocycles. The molecule has 28 heavy (non-hydrogen) atoms. The van der Waals surface area contributed by atoms with Crippen LogP contribution in [0.25, 0.3) is 0 Å². The molecular weight excluding hydrogens is 360 g/mol. The fourth-order valence-electron chi connectivity index (χ4n) is 2.82. The van der Waals surface area contributed by atoms with Gasteiger partial charge in [-0.3, -0.25) is 4.79 Å². The third-order valence-corrected chi connectivity index (χ3v) is 4.50. The Morgan fingerprint density at radius 1 is 1.11 bits per heavy atom. The monoisotopic (exact) mass is 394 g/mol. The zero-order valence-corrected chi connectivity index (χ0v) is 16.6. The normalized spacial score (nSPS) is 25.5. The zero-order valence-electron chi connectivity index (χ0n) is 16.6. The second-order valence-electron chi connectivity index (χ2n) is 6.92. The van der Waals surface area contributed by atoms with Crippen molar-refractivity contribution in [3.63, 3.8) is 0 Å². The summed E-state index contributed by atoms with van der Waals surface area (Å²) >= 11 is 0. The average molecular weight is 395 g/mol. The van der Waals surface area contributed by atoms with Crippen LogP contribution < -0.4 is 0 Å². The summed E-state index contributed by atoms with van der Waals surface area (Å²) in [5.41, 5.74) is 0. The van der Waals surface area contributed by atoms with Crippen LogP contribution >= 0.6 is 0 Å². The van der Waals surface area contributed by atoms with Crippen LogP contribution in [0, 0.1) is 0 Å². The Bertz CT molecular complexity index is 551. The number of aliphatic hydroxyl groups excluding tert-OH is 3. The Morgan fingerprint density at radius 2 is 1.75 bits per heavy atom. The van der Waals surface area contributed by atoms with Crippen molar-refractivity contribution in [2.24, 2.45) is 0 Å². The van der Waals surface area contributed by atoms with Gasteiger partial charge in [0, 0.05) is 12.8 Å². The first-order valence-corrected chi connectivity index (χ1v) is 9.98. The standard InChI is InChI=1S/C22H34O6/c1-2-18(24)21-16-19(25)20(28-21)15-14-17(23)12-10-8-6-4-3-5-7-9-11-13-22(26)27/h3-4,7-10,14-15,17-21,23-25H,2,5-6,11-13,16H2,1H3,(H,26,27)/b4-3-,9-7-,10-8-,15-14+/t17-,18+,19+,20-,21+/m1/s1. The molecule has 0 spiro atoms. The predicted molar refractivity (Wildman–Crippen MR) is 109 cm³/mol. The van der Waals surface area contributed by atoms with E-state index in [0.29, 0.717) is 25.7 Å². The minimum atomic E-state index is -0.784.